The Morgan fingerprint density at radius 3 is 2.55 bits per heavy atom. The summed E-state index contributed by atoms with van der Waals surface area (Å²) in [7, 11) is 2.92. The molecule has 5 nitrogen and oxygen atoms in total. The number of carboxylic acids is 1. The summed E-state index contributed by atoms with van der Waals surface area (Å²) in [6.45, 7) is 3.50. The summed E-state index contributed by atoms with van der Waals surface area (Å²) in [4.78, 5) is 13.5. The Kier molecular flexibility index (Phi) is 4.90. The van der Waals surface area contributed by atoms with Crippen molar-refractivity contribution in [2.45, 2.75) is 26.3 Å². The van der Waals surface area contributed by atoms with E-state index in [4.69, 9.17) is 9.47 Å². The van der Waals surface area contributed by atoms with Crippen LogP contribution in [0.1, 0.15) is 25.3 Å². The van der Waals surface area contributed by atoms with Crippen LogP contribution in [0.2, 0.25) is 0 Å². The van der Waals surface area contributed by atoms with Crippen molar-refractivity contribution in [3.05, 3.63) is 23.5 Å². The van der Waals surface area contributed by atoms with Gasteiger partial charge in [0.15, 0.2) is 11.6 Å². The van der Waals surface area contributed by atoms with Crippen LogP contribution in [0.5, 0.6) is 11.5 Å². The van der Waals surface area contributed by atoms with Crippen molar-refractivity contribution >= 4 is 5.97 Å². The number of rotatable bonds is 6. The zero-order valence-corrected chi connectivity index (χ0v) is 13.2. The molecule has 22 heavy (non-hydrogen) atoms. The van der Waals surface area contributed by atoms with E-state index in [-0.39, 0.29) is 5.75 Å². The van der Waals surface area contributed by atoms with E-state index in [2.05, 4.69) is 0 Å². The van der Waals surface area contributed by atoms with Gasteiger partial charge in [0.25, 0.3) is 0 Å². The van der Waals surface area contributed by atoms with Crippen molar-refractivity contribution in [3.63, 3.8) is 0 Å². The van der Waals surface area contributed by atoms with E-state index in [1.807, 2.05) is 11.8 Å². The molecular formula is C16H22FNO4. The van der Waals surface area contributed by atoms with Gasteiger partial charge in [0.2, 0.25) is 0 Å². The Morgan fingerprint density at radius 1 is 1.36 bits per heavy atom. The zero-order valence-electron chi connectivity index (χ0n) is 13.2. The predicted molar refractivity (Wildman–Crippen MR) is 79.8 cm³/mol. The van der Waals surface area contributed by atoms with Crippen molar-refractivity contribution in [1.29, 1.82) is 0 Å². The van der Waals surface area contributed by atoms with Gasteiger partial charge in [-0.15, -0.1) is 0 Å². The largest absolute Gasteiger partial charge is 0.496 e. The number of nitrogens with zero attached hydrogens (tertiary/aromatic N) is 1. The van der Waals surface area contributed by atoms with Gasteiger partial charge in [-0.3, -0.25) is 9.69 Å². The van der Waals surface area contributed by atoms with E-state index < -0.39 is 17.2 Å². The average molecular weight is 311 g/mol. The molecule has 1 aliphatic rings. The highest BCUT2D eigenvalue weighted by Crippen LogP contribution is 2.36. The second-order valence-electron chi connectivity index (χ2n) is 5.70. The van der Waals surface area contributed by atoms with Crippen molar-refractivity contribution in [2.24, 2.45) is 5.41 Å². The Bertz CT molecular complexity index is 563. The first-order valence-corrected chi connectivity index (χ1v) is 7.32. The number of carbonyl (C=O) groups is 1. The number of hydrogen-bond acceptors (Lipinski definition) is 4. The lowest BCUT2D eigenvalue weighted by Crippen LogP contribution is -2.33. The summed E-state index contributed by atoms with van der Waals surface area (Å²) in [5.74, 6) is -0.527. The average Bonchev–Trinajstić information content (AvgIpc) is 2.92. The minimum atomic E-state index is -0.759. The van der Waals surface area contributed by atoms with Gasteiger partial charge in [-0.05, 0) is 25.5 Å². The Labute approximate surface area is 129 Å². The summed E-state index contributed by atoms with van der Waals surface area (Å²) in [5, 5.41) is 9.43. The Morgan fingerprint density at radius 2 is 2.05 bits per heavy atom. The van der Waals surface area contributed by atoms with Gasteiger partial charge in [-0.25, -0.2) is 4.39 Å². The molecule has 6 heteroatoms. The summed E-state index contributed by atoms with van der Waals surface area (Å²) in [5.41, 5.74) is -0.00350. The van der Waals surface area contributed by atoms with Crippen LogP contribution < -0.4 is 9.47 Å². The van der Waals surface area contributed by atoms with Crippen molar-refractivity contribution in [2.75, 3.05) is 27.3 Å². The van der Waals surface area contributed by atoms with Crippen molar-refractivity contribution in [1.82, 2.24) is 4.90 Å². The Balaban J connectivity index is 2.18. The second-order valence-corrected chi connectivity index (χ2v) is 5.70. The SMILES string of the molecule is CCC1(C(=O)O)CCN(Cc2cc(F)c(OC)cc2OC)C1. The molecule has 1 unspecified atom stereocenters. The molecule has 1 aromatic rings. The van der Waals surface area contributed by atoms with E-state index in [9.17, 15) is 14.3 Å². The topological polar surface area (TPSA) is 59.0 Å². The fourth-order valence-corrected chi connectivity index (χ4v) is 2.99. The van der Waals surface area contributed by atoms with Crippen molar-refractivity contribution in [3.8, 4) is 11.5 Å². The zero-order chi connectivity index (χ0) is 16.3. The number of benzene rings is 1. The maximum atomic E-state index is 13.9. The third kappa shape index (κ3) is 3.02. The van der Waals surface area contributed by atoms with Crippen LogP contribution >= 0.6 is 0 Å². The molecule has 0 aromatic heterocycles. The van der Waals surface area contributed by atoms with Crippen LogP contribution in [0, 0.1) is 11.2 Å². The molecule has 1 atom stereocenters. The summed E-state index contributed by atoms with van der Waals surface area (Å²) >= 11 is 0. The Hall–Kier alpha value is -1.82. The van der Waals surface area contributed by atoms with Crippen LogP contribution in [0.25, 0.3) is 0 Å². The lowest BCUT2D eigenvalue weighted by atomic mass is 9.84. The van der Waals surface area contributed by atoms with Gasteiger partial charge >= 0.3 is 5.97 Å². The molecule has 0 amide bonds. The summed E-state index contributed by atoms with van der Waals surface area (Å²) in [6, 6.07) is 2.91. The molecule has 1 saturated heterocycles. The van der Waals surface area contributed by atoms with E-state index in [0.717, 1.165) is 0 Å². The number of carboxylic acid groups (broad SMARTS) is 1. The van der Waals surface area contributed by atoms with Gasteiger partial charge in [-0.2, -0.15) is 0 Å². The van der Waals surface area contributed by atoms with Gasteiger partial charge in [0, 0.05) is 24.7 Å². The monoisotopic (exact) mass is 311 g/mol. The second kappa shape index (κ2) is 6.52. The normalized spacial score (nSPS) is 21.8. The van der Waals surface area contributed by atoms with Crippen LogP contribution in [-0.2, 0) is 11.3 Å². The number of aliphatic carboxylic acids is 1. The molecule has 0 radical (unpaired) electrons. The smallest absolute Gasteiger partial charge is 0.310 e. The van der Waals surface area contributed by atoms with Crippen molar-refractivity contribution < 1.29 is 23.8 Å². The highest BCUT2D eigenvalue weighted by Gasteiger charge is 2.43. The van der Waals surface area contributed by atoms with Gasteiger partial charge in [-0.1, -0.05) is 6.92 Å². The fraction of sp³-hybridized carbons (Fsp3) is 0.562. The minimum Gasteiger partial charge on any atom is -0.496 e. The van der Waals surface area contributed by atoms with E-state index in [0.29, 0.717) is 43.8 Å². The van der Waals surface area contributed by atoms with E-state index in [1.165, 1.54) is 26.4 Å². The van der Waals surface area contributed by atoms with Gasteiger partial charge in [0.1, 0.15) is 5.75 Å². The molecule has 0 bridgehead atoms. The number of ether oxygens (including phenoxy) is 2. The van der Waals surface area contributed by atoms with Gasteiger partial charge in [0.05, 0.1) is 19.6 Å². The molecular weight excluding hydrogens is 289 g/mol. The molecule has 2 rings (SSSR count). The highest BCUT2D eigenvalue weighted by molar-refractivity contribution is 5.75. The fourth-order valence-electron chi connectivity index (χ4n) is 2.99. The van der Waals surface area contributed by atoms with Crippen LogP contribution in [-0.4, -0.2) is 43.3 Å². The molecule has 1 aromatic carbocycles. The molecule has 1 aliphatic heterocycles. The number of hydrogen-bond donors (Lipinski definition) is 1. The summed E-state index contributed by atoms with van der Waals surface area (Å²) in [6.07, 6.45) is 1.20. The molecule has 122 valence electrons. The lowest BCUT2D eigenvalue weighted by molar-refractivity contribution is -0.148. The third-order valence-corrected chi connectivity index (χ3v) is 4.51. The first-order valence-electron chi connectivity index (χ1n) is 7.32. The number of methoxy groups -OCH3 is 2. The molecule has 0 saturated carbocycles. The third-order valence-electron chi connectivity index (χ3n) is 4.51. The van der Waals surface area contributed by atoms with E-state index >= 15 is 0 Å². The highest BCUT2D eigenvalue weighted by atomic mass is 19.1. The van der Waals surface area contributed by atoms with Crippen LogP contribution in [0.15, 0.2) is 12.1 Å². The quantitative estimate of drug-likeness (QED) is 0.875. The molecule has 0 aliphatic carbocycles. The van der Waals surface area contributed by atoms with Gasteiger partial charge < -0.3 is 14.6 Å². The maximum absolute atomic E-state index is 13.9. The summed E-state index contributed by atoms with van der Waals surface area (Å²) < 4.78 is 24.1. The minimum absolute atomic E-state index is 0.135. The molecule has 1 fully saturated rings. The van der Waals surface area contributed by atoms with Crippen LogP contribution in [0.4, 0.5) is 4.39 Å². The van der Waals surface area contributed by atoms with E-state index in [1.54, 1.807) is 0 Å². The first-order chi connectivity index (χ1) is 10.5. The molecule has 0 spiro atoms. The standard InChI is InChI=1S/C16H22FNO4/c1-4-16(15(19)20)5-6-18(10-16)9-11-7-12(17)14(22-3)8-13(11)21-2/h7-8H,4-6,9-10H2,1-3H3,(H,19,20). The molecule has 1 N–H and O–H groups in total. The predicted octanol–water partition coefficient (Wildman–Crippen LogP) is 2.53. The lowest BCUT2D eigenvalue weighted by Gasteiger charge is -2.23. The first kappa shape index (κ1) is 16.5. The number of likely N-dealkylation sites (tertiary alicyclic amines) is 1. The number of halogens is 1. The van der Waals surface area contributed by atoms with Crippen LogP contribution in [0.3, 0.4) is 0 Å². The maximum Gasteiger partial charge on any atom is 0.310 e. The molecule has 1 heterocycles.